The summed E-state index contributed by atoms with van der Waals surface area (Å²) in [5.74, 6) is -0.391. The maximum absolute atomic E-state index is 13.8. The van der Waals surface area contributed by atoms with Gasteiger partial charge in [0.05, 0.1) is 22.5 Å². The smallest absolute Gasteiger partial charge is 0.228 e. The molecule has 5 rings (SSSR count). The SMILES string of the molecule is CN1CCN(CCC(=O)N(C)c2ccc(N=C(c3ccccc3)c3c(O)[nH]c4cc(F)ccc34)cc2)CC1. The van der Waals surface area contributed by atoms with Crippen molar-refractivity contribution in [3.8, 4) is 5.88 Å². The molecule has 1 saturated heterocycles. The Morgan fingerprint density at radius 1 is 1.03 bits per heavy atom. The first-order chi connectivity index (χ1) is 18.4. The number of aromatic hydroxyl groups is 1. The highest BCUT2D eigenvalue weighted by molar-refractivity contribution is 6.21. The van der Waals surface area contributed by atoms with Crippen molar-refractivity contribution in [3.63, 3.8) is 0 Å². The number of piperazine rings is 1. The van der Waals surface area contributed by atoms with Gasteiger partial charge in [-0.15, -0.1) is 0 Å². The van der Waals surface area contributed by atoms with Crippen LogP contribution in [0.3, 0.4) is 0 Å². The third kappa shape index (κ3) is 5.61. The summed E-state index contributed by atoms with van der Waals surface area (Å²) in [6, 6.07) is 21.4. The van der Waals surface area contributed by atoms with E-state index in [1.165, 1.54) is 12.1 Å². The number of H-pyrrole nitrogens is 1. The van der Waals surface area contributed by atoms with E-state index in [1.54, 1.807) is 18.0 Å². The van der Waals surface area contributed by atoms with Crippen LogP contribution in [0.2, 0.25) is 0 Å². The van der Waals surface area contributed by atoms with E-state index in [-0.39, 0.29) is 17.6 Å². The van der Waals surface area contributed by atoms with E-state index in [0.717, 1.165) is 44.0 Å². The van der Waals surface area contributed by atoms with Gasteiger partial charge in [-0.1, -0.05) is 30.3 Å². The lowest BCUT2D eigenvalue weighted by Crippen LogP contribution is -2.45. The van der Waals surface area contributed by atoms with Crippen molar-refractivity contribution < 1.29 is 14.3 Å². The predicted molar refractivity (Wildman–Crippen MR) is 150 cm³/mol. The van der Waals surface area contributed by atoms with Crippen LogP contribution >= 0.6 is 0 Å². The van der Waals surface area contributed by atoms with Crippen LogP contribution in [0.25, 0.3) is 10.9 Å². The summed E-state index contributed by atoms with van der Waals surface area (Å²) in [6.07, 6.45) is 0.471. The molecular formula is C30H32FN5O2. The second kappa shape index (κ2) is 11.2. The van der Waals surface area contributed by atoms with Crippen molar-refractivity contribution in [3.05, 3.63) is 89.7 Å². The number of nitrogens with zero attached hydrogens (tertiary/aromatic N) is 4. The predicted octanol–water partition coefficient (Wildman–Crippen LogP) is 4.78. The van der Waals surface area contributed by atoms with Gasteiger partial charge in [-0.05, 0) is 49.5 Å². The van der Waals surface area contributed by atoms with Crippen molar-refractivity contribution in [2.75, 3.05) is 51.7 Å². The number of anilines is 1. The van der Waals surface area contributed by atoms with Gasteiger partial charge >= 0.3 is 0 Å². The van der Waals surface area contributed by atoms with Crippen LogP contribution in [0, 0.1) is 5.82 Å². The van der Waals surface area contributed by atoms with Gasteiger partial charge in [-0.3, -0.25) is 4.79 Å². The number of hydrogen-bond acceptors (Lipinski definition) is 5. The molecule has 1 aliphatic heterocycles. The summed E-state index contributed by atoms with van der Waals surface area (Å²) in [7, 11) is 3.92. The van der Waals surface area contributed by atoms with Crippen LogP contribution in [0.1, 0.15) is 17.5 Å². The molecule has 3 aromatic carbocycles. The molecule has 7 nitrogen and oxygen atoms in total. The molecule has 38 heavy (non-hydrogen) atoms. The van der Waals surface area contributed by atoms with E-state index in [0.29, 0.717) is 34.3 Å². The Morgan fingerprint density at radius 2 is 1.74 bits per heavy atom. The monoisotopic (exact) mass is 513 g/mol. The Hall–Kier alpha value is -4.01. The molecular weight excluding hydrogens is 481 g/mol. The molecule has 0 atom stereocenters. The van der Waals surface area contributed by atoms with E-state index in [2.05, 4.69) is 21.8 Å². The first kappa shape index (κ1) is 25.6. The molecule has 8 heteroatoms. The van der Waals surface area contributed by atoms with E-state index in [1.807, 2.05) is 54.6 Å². The molecule has 0 aliphatic carbocycles. The molecule has 0 bridgehead atoms. The third-order valence-corrected chi connectivity index (χ3v) is 7.11. The fourth-order valence-corrected chi connectivity index (χ4v) is 4.77. The van der Waals surface area contributed by atoms with Gasteiger partial charge in [-0.25, -0.2) is 9.38 Å². The number of hydrogen-bond donors (Lipinski definition) is 2. The number of likely N-dealkylation sites (N-methyl/N-ethyl adjacent to an activating group) is 1. The molecule has 0 spiro atoms. The van der Waals surface area contributed by atoms with Crippen LogP contribution in [0.5, 0.6) is 5.88 Å². The minimum absolute atomic E-state index is 0.0705. The van der Waals surface area contributed by atoms with Gasteiger partial charge in [0.1, 0.15) is 5.82 Å². The first-order valence-corrected chi connectivity index (χ1v) is 12.8. The Morgan fingerprint density at radius 3 is 2.45 bits per heavy atom. The first-order valence-electron chi connectivity index (χ1n) is 12.8. The van der Waals surface area contributed by atoms with Gasteiger partial charge in [0.2, 0.25) is 5.91 Å². The Labute approximate surface area is 221 Å². The summed E-state index contributed by atoms with van der Waals surface area (Å²) >= 11 is 0. The molecule has 0 unspecified atom stereocenters. The Bertz CT molecular complexity index is 1440. The standard InChI is InChI=1S/C30H32FN5O2/c1-34-16-18-36(19-17-34)15-14-27(37)35(2)24-11-9-23(10-12-24)32-29(21-6-4-3-5-7-21)28-25-13-8-22(31)20-26(25)33-30(28)38/h3-13,20,33,38H,14-19H2,1-2H3. The van der Waals surface area contributed by atoms with Crippen molar-refractivity contribution in [1.29, 1.82) is 0 Å². The lowest BCUT2D eigenvalue weighted by molar-refractivity contribution is -0.118. The number of aliphatic imine (C=N–C) groups is 1. The molecule has 0 radical (unpaired) electrons. The minimum atomic E-state index is -0.388. The average Bonchev–Trinajstić information content (AvgIpc) is 3.26. The number of halogens is 1. The maximum Gasteiger partial charge on any atom is 0.228 e. The minimum Gasteiger partial charge on any atom is -0.494 e. The van der Waals surface area contributed by atoms with Crippen molar-refractivity contribution >= 4 is 33.9 Å². The van der Waals surface area contributed by atoms with Crippen molar-refractivity contribution in [2.24, 2.45) is 4.99 Å². The van der Waals surface area contributed by atoms with Gasteiger partial charge in [0, 0.05) is 62.8 Å². The lowest BCUT2D eigenvalue weighted by atomic mass is 10.0. The highest BCUT2D eigenvalue weighted by Crippen LogP contribution is 2.32. The second-order valence-electron chi connectivity index (χ2n) is 9.73. The Balaban J connectivity index is 1.38. The molecule has 196 valence electrons. The summed E-state index contributed by atoms with van der Waals surface area (Å²) < 4.78 is 13.8. The third-order valence-electron chi connectivity index (χ3n) is 7.11. The number of aromatic nitrogens is 1. The number of benzene rings is 3. The lowest BCUT2D eigenvalue weighted by Gasteiger charge is -2.32. The van der Waals surface area contributed by atoms with Crippen LogP contribution in [-0.2, 0) is 4.79 Å². The van der Waals surface area contributed by atoms with E-state index >= 15 is 0 Å². The normalized spacial score (nSPS) is 15.2. The second-order valence-corrected chi connectivity index (χ2v) is 9.73. The zero-order valence-electron chi connectivity index (χ0n) is 21.7. The zero-order chi connectivity index (χ0) is 26.6. The molecule has 1 amide bonds. The van der Waals surface area contributed by atoms with Crippen LogP contribution in [-0.4, -0.2) is 78.3 Å². The van der Waals surface area contributed by atoms with Gasteiger partial charge < -0.3 is 24.8 Å². The molecule has 1 aromatic heterocycles. The quantitative estimate of drug-likeness (QED) is 0.349. The molecule has 4 aromatic rings. The van der Waals surface area contributed by atoms with Crippen LogP contribution < -0.4 is 4.90 Å². The summed E-state index contributed by atoms with van der Waals surface area (Å²) in [5, 5.41) is 11.4. The number of carbonyl (C=O) groups is 1. The highest BCUT2D eigenvalue weighted by Gasteiger charge is 2.20. The number of amides is 1. The van der Waals surface area contributed by atoms with Crippen molar-refractivity contribution in [1.82, 2.24) is 14.8 Å². The Kier molecular flexibility index (Phi) is 7.53. The fourth-order valence-electron chi connectivity index (χ4n) is 4.77. The van der Waals surface area contributed by atoms with E-state index in [4.69, 9.17) is 4.99 Å². The zero-order valence-corrected chi connectivity index (χ0v) is 21.7. The number of aromatic amines is 1. The topological polar surface area (TPSA) is 75.2 Å². The summed E-state index contributed by atoms with van der Waals surface area (Å²) in [5.41, 5.74) is 3.83. The van der Waals surface area contributed by atoms with E-state index in [9.17, 15) is 14.3 Å². The molecule has 1 aliphatic rings. The molecule has 2 heterocycles. The van der Waals surface area contributed by atoms with Crippen LogP contribution in [0.15, 0.2) is 77.8 Å². The summed E-state index contributed by atoms with van der Waals surface area (Å²) in [4.78, 5) is 26.9. The number of nitrogens with one attached hydrogen (secondary N) is 1. The van der Waals surface area contributed by atoms with Crippen LogP contribution in [0.4, 0.5) is 15.8 Å². The maximum atomic E-state index is 13.8. The molecule has 2 N–H and O–H groups in total. The van der Waals surface area contributed by atoms with Gasteiger partial charge in [0.15, 0.2) is 5.88 Å². The van der Waals surface area contributed by atoms with Gasteiger partial charge in [-0.2, -0.15) is 0 Å². The fraction of sp³-hybridized carbons (Fsp3) is 0.267. The largest absolute Gasteiger partial charge is 0.494 e. The number of rotatable bonds is 7. The van der Waals surface area contributed by atoms with Crippen molar-refractivity contribution in [2.45, 2.75) is 6.42 Å². The average molecular weight is 514 g/mol. The number of fused-ring (bicyclic) bond motifs is 1. The number of carbonyl (C=O) groups excluding carboxylic acids is 1. The molecule has 0 saturated carbocycles. The van der Waals surface area contributed by atoms with Gasteiger partial charge in [0.25, 0.3) is 0 Å². The van der Waals surface area contributed by atoms with E-state index < -0.39 is 0 Å². The highest BCUT2D eigenvalue weighted by atomic mass is 19.1. The summed E-state index contributed by atoms with van der Waals surface area (Å²) in [6.45, 7) is 4.81. The molecule has 1 fully saturated rings.